The fourth-order valence-electron chi connectivity index (χ4n) is 1.23. The van der Waals surface area contributed by atoms with E-state index in [4.69, 9.17) is 10.00 Å². The Bertz CT molecular complexity index is 492. The Labute approximate surface area is 90.2 Å². The van der Waals surface area contributed by atoms with E-state index < -0.39 is 10.7 Å². The van der Waals surface area contributed by atoms with E-state index in [1.807, 2.05) is 0 Å². The van der Waals surface area contributed by atoms with Gasteiger partial charge in [-0.25, -0.2) is 4.39 Å². The summed E-state index contributed by atoms with van der Waals surface area (Å²) in [4.78, 5) is 10.0. The Morgan fingerprint density at radius 1 is 1.56 bits per heavy atom. The first-order valence-corrected chi connectivity index (χ1v) is 4.66. The lowest BCUT2D eigenvalue weighted by atomic mass is 10.2. The van der Waals surface area contributed by atoms with Crippen LogP contribution in [0.25, 0.3) is 0 Å². The molecule has 0 bridgehead atoms. The van der Waals surface area contributed by atoms with E-state index in [2.05, 4.69) is 0 Å². The van der Waals surface area contributed by atoms with Gasteiger partial charge in [0.15, 0.2) is 5.75 Å². The average Bonchev–Trinajstić information content (AvgIpc) is 3.01. The highest BCUT2D eigenvalue weighted by atomic mass is 19.1. The largest absolute Gasteiger partial charge is 0.483 e. The van der Waals surface area contributed by atoms with Gasteiger partial charge in [0.25, 0.3) is 0 Å². The van der Waals surface area contributed by atoms with E-state index in [1.165, 1.54) is 0 Å². The number of nitrogens with zero attached hydrogens (tertiary/aromatic N) is 2. The van der Waals surface area contributed by atoms with Gasteiger partial charge < -0.3 is 4.74 Å². The van der Waals surface area contributed by atoms with Crippen LogP contribution >= 0.6 is 0 Å². The number of nitro groups is 1. The summed E-state index contributed by atoms with van der Waals surface area (Å²) in [6.07, 6.45) is 1.57. The van der Waals surface area contributed by atoms with E-state index >= 15 is 0 Å². The van der Waals surface area contributed by atoms with Crippen molar-refractivity contribution in [2.75, 3.05) is 0 Å². The molecule has 2 rings (SSSR count). The summed E-state index contributed by atoms with van der Waals surface area (Å²) in [5.41, 5.74) is -0.723. The predicted octanol–water partition coefficient (Wildman–Crippen LogP) is 2.15. The van der Waals surface area contributed by atoms with Gasteiger partial charge in [-0.15, -0.1) is 0 Å². The molecule has 1 aliphatic carbocycles. The summed E-state index contributed by atoms with van der Waals surface area (Å²) in [5.74, 6) is -0.909. The van der Waals surface area contributed by atoms with Crippen LogP contribution in [0.2, 0.25) is 0 Å². The molecular weight excluding hydrogens is 215 g/mol. The molecule has 0 radical (unpaired) electrons. The number of hydrogen-bond donors (Lipinski definition) is 0. The summed E-state index contributed by atoms with van der Waals surface area (Å²) in [6.45, 7) is 0. The molecule has 0 amide bonds. The van der Waals surface area contributed by atoms with Crippen molar-refractivity contribution in [2.24, 2.45) is 0 Å². The topological polar surface area (TPSA) is 76.2 Å². The van der Waals surface area contributed by atoms with Gasteiger partial charge in [0.05, 0.1) is 16.6 Å². The molecule has 16 heavy (non-hydrogen) atoms. The Kier molecular flexibility index (Phi) is 2.44. The molecule has 5 nitrogen and oxygen atoms in total. The van der Waals surface area contributed by atoms with Crippen LogP contribution in [0.3, 0.4) is 0 Å². The third-order valence-electron chi connectivity index (χ3n) is 2.18. The lowest BCUT2D eigenvalue weighted by Crippen LogP contribution is -2.02. The maximum atomic E-state index is 13.2. The van der Waals surface area contributed by atoms with Crippen molar-refractivity contribution in [3.8, 4) is 11.8 Å². The van der Waals surface area contributed by atoms with Crippen molar-refractivity contribution in [3.05, 3.63) is 33.6 Å². The van der Waals surface area contributed by atoms with Crippen molar-refractivity contribution in [3.63, 3.8) is 0 Å². The predicted molar refractivity (Wildman–Crippen MR) is 51.4 cm³/mol. The summed E-state index contributed by atoms with van der Waals surface area (Å²) < 4.78 is 18.4. The number of benzene rings is 1. The van der Waals surface area contributed by atoms with E-state index in [1.54, 1.807) is 6.07 Å². The molecule has 82 valence electrons. The molecule has 0 heterocycles. The third-order valence-corrected chi connectivity index (χ3v) is 2.18. The van der Waals surface area contributed by atoms with Crippen molar-refractivity contribution >= 4 is 5.69 Å². The Morgan fingerprint density at radius 3 is 2.75 bits per heavy atom. The highest BCUT2D eigenvalue weighted by Gasteiger charge is 2.28. The normalized spacial score (nSPS) is 14.2. The van der Waals surface area contributed by atoms with Gasteiger partial charge in [-0.1, -0.05) is 0 Å². The molecule has 6 heteroatoms. The van der Waals surface area contributed by atoms with Crippen LogP contribution in [0.5, 0.6) is 5.75 Å². The van der Waals surface area contributed by atoms with Gasteiger partial charge in [0.1, 0.15) is 11.9 Å². The lowest BCUT2D eigenvalue weighted by Gasteiger charge is -2.05. The first-order valence-electron chi connectivity index (χ1n) is 4.66. The fraction of sp³-hybridized carbons (Fsp3) is 0.300. The van der Waals surface area contributed by atoms with Crippen LogP contribution in [0.4, 0.5) is 10.1 Å². The number of halogens is 1. The van der Waals surface area contributed by atoms with Crippen LogP contribution in [-0.2, 0) is 0 Å². The van der Waals surface area contributed by atoms with E-state index in [9.17, 15) is 14.5 Å². The number of nitriles is 1. The number of nitro benzene ring substituents is 1. The zero-order chi connectivity index (χ0) is 11.7. The quantitative estimate of drug-likeness (QED) is 0.579. The number of hydrogen-bond acceptors (Lipinski definition) is 4. The molecule has 0 atom stereocenters. The molecule has 0 aromatic heterocycles. The first kappa shape index (κ1) is 10.4. The third kappa shape index (κ3) is 1.93. The minimum absolute atomic E-state index is 0.0639. The molecule has 0 unspecified atom stereocenters. The fourth-order valence-corrected chi connectivity index (χ4v) is 1.23. The highest BCUT2D eigenvalue weighted by Crippen LogP contribution is 2.34. The van der Waals surface area contributed by atoms with Gasteiger partial charge in [0.2, 0.25) is 0 Å². The zero-order valence-corrected chi connectivity index (χ0v) is 8.14. The van der Waals surface area contributed by atoms with Crippen LogP contribution < -0.4 is 4.74 Å². The second-order valence-electron chi connectivity index (χ2n) is 3.49. The van der Waals surface area contributed by atoms with Gasteiger partial charge in [0, 0.05) is 12.1 Å². The minimum Gasteiger partial charge on any atom is -0.483 e. The zero-order valence-electron chi connectivity index (χ0n) is 8.14. The molecular formula is C10H7FN2O3. The Hall–Kier alpha value is -2.16. The first-order chi connectivity index (χ1) is 7.61. The van der Waals surface area contributed by atoms with Crippen molar-refractivity contribution in [2.45, 2.75) is 18.9 Å². The van der Waals surface area contributed by atoms with Crippen LogP contribution in [0.1, 0.15) is 18.4 Å². The summed E-state index contributed by atoms with van der Waals surface area (Å²) in [5, 5.41) is 19.3. The SMILES string of the molecule is N#Cc1cc([N+](=O)[O-])c(OC2CC2)cc1F. The van der Waals surface area contributed by atoms with Crippen LogP contribution in [0.15, 0.2) is 12.1 Å². The number of ether oxygens (including phenoxy) is 1. The average molecular weight is 222 g/mol. The maximum Gasteiger partial charge on any atom is 0.312 e. The van der Waals surface area contributed by atoms with Gasteiger partial charge >= 0.3 is 5.69 Å². The molecule has 0 saturated heterocycles. The maximum absolute atomic E-state index is 13.2. The Morgan fingerprint density at radius 2 is 2.25 bits per heavy atom. The molecule has 1 saturated carbocycles. The van der Waals surface area contributed by atoms with Gasteiger partial charge in [-0.2, -0.15) is 5.26 Å². The van der Waals surface area contributed by atoms with Gasteiger partial charge in [-0.05, 0) is 12.8 Å². The van der Waals surface area contributed by atoms with E-state index in [0.717, 1.165) is 25.0 Å². The lowest BCUT2D eigenvalue weighted by molar-refractivity contribution is -0.386. The molecule has 0 aliphatic heterocycles. The summed E-state index contributed by atoms with van der Waals surface area (Å²) in [6, 6.07) is 3.35. The smallest absolute Gasteiger partial charge is 0.312 e. The molecule has 1 aliphatic rings. The summed E-state index contributed by atoms with van der Waals surface area (Å²) in [7, 11) is 0. The van der Waals surface area contributed by atoms with Crippen molar-refractivity contribution < 1.29 is 14.1 Å². The monoisotopic (exact) mass is 222 g/mol. The van der Waals surface area contributed by atoms with Crippen LogP contribution in [-0.4, -0.2) is 11.0 Å². The Balaban J connectivity index is 2.44. The second kappa shape index (κ2) is 3.77. The highest BCUT2D eigenvalue weighted by molar-refractivity contribution is 5.52. The van der Waals surface area contributed by atoms with E-state index in [0.29, 0.717) is 0 Å². The summed E-state index contributed by atoms with van der Waals surface area (Å²) >= 11 is 0. The number of rotatable bonds is 3. The van der Waals surface area contributed by atoms with Gasteiger partial charge in [-0.3, -0.25) is 10.1 Å². The standard InChI is InChI=1S/C10H7FN2O3/c11-8-4-10(16-7-1-2-7)9(13(14)15)3-6(8)5-12/h3-4,7H,1-2H2. The molecule has 0 spiro atoms. The molecule has 1 aromatic carbocycles. The molecule has 1 aromatic rings. The van der Waals surface area contributed by atoms with Crippen molar-refractivity contribution in [1.29, 1.82) is 5.26 Å². The van der Waals surface area contributed by atoms with Crippen molar-refractivity contribution in [1.82, 2.24) is 0 Å². The van der Waals surface area contributed by atoms with Crippen LogP contribution in [0, 0.1) is 27.3 Å². The van der Waals surface area contributed by atoms with E-state index in [-0.39, 0.29) is 23.1 Å². The molecule has 0 N–H and O–H groups in total. The second-order valence-corrected chi connectivity index (χ2v) is 3.49. The molecule has 1 fully saturated rings. The minimum atomic E-state index is -0.802.